The molecule has 0 aromatic heterocycles. The third kappa shape index (κ3) is 3.89. The van der Waals surface area contributed by atoms with Crippen molar-refractivity contribution in [1.29, 1.82) is 0 Å². The highest BCUT2D eigenvalue weighted by Crippen LogP contribution is 2.26. The lowest BCUT2D eigenvalue weighted by Gasteiger charge is -2.21. The summed E-state index contributed by atoms with van der Waals surface area (Å²) in [6.45, 7) is 6.71. The molecule has 0 saturated carbocycles. The van der Waals surface area contributed by atoms with E-state index in [4.69, 9.17) is 5.73 Å². The van der Waals surface area contributed by atoms with E-state index in [1.54, 1.807) is 24.3 Å². The molecule has 0 aliphatic rings. The van der Waals surface area contributed by atoms with Crippen molar-refractivity contribution in [1.82, 2.24) is 4.31 Å². The van der Waals surface area contributed by atoms with Gasteiger partial charge in [0.1, 0.15) is 0 Å². The molecule has 0 atom stereocenters. The topological polar surface area (TPSA) is 63.4 Å². The standard InChI is InChI=1S/C13H19BrN2O2S/c1-3-7-16(8-4-2)19(17,18)13-6-5-11(10-15)9-12(13)14/h3,5-6,9H,1,4,7-8,10,15H2,2H3. The minimum Gasteiger partial charge on any atom is -0.326 e. The molecule has 4 nitrogen and oxygen atoms in total. The first-order chi connectivity index (χ1) is 8.97. The molecule has 19 heavy (non-hydrogen) atoms. The number of halogens is 1. The van der Waals surface area contributed by atoms with Gasteiger partial charge in [0.2, 0.25) is 10.0 Å². The average Bonchev–Trinajstić information content (AvgIpc) is 2.38. The quantitative estimate of drug-likeness (QED) is 0.771. The van der Waals surface area contributed by atoms with Crippen LogP contribution in [-0.2, 0) is 16.6 Å². The first kappa shape index (κ1) is 16.4. The van der Waals surface area contributed by atoms with Crippen molar-refractivity contribution in [2.24, 2.45) is 5.73 Å². The summed E-state index contributed by atoms with van der Waals surface area (Å²) in [7, 11) is -3.51. The second-order valence-electron chi connectivity index (χ2n) is 4.12. The molecule has 1 aromatic carbocycles. The van der Waals surface area contributed by atoms with Crippen molar-refractivity contribution in [2.45, 2.75) is 24.8 Å². The first-order valence-corrected chi connectivity index (χ1v) is 8.30. The fourth-order valence-corrected chi connectivity index (χ4v) is 4.31. The van der Waals surface area contributed by atoms with Gasteiger partial charge in [-0.25, -0.2) is 8.42 Å². The Morgan fingerprint density at radius 2 is 2.16 bits per heavy atom. The molecule has 1 rings (SSSR count). The number of sulfonamides is 1. The number of hydrogen-bond donors (Lipinski definition) is 1. The predicted molar refractivity (Wildman–Crippen MR) is 81.3 cm³/mol. The predicted octanol–water partition coefficient (Wildman–Crippen LogP) is 2.49. The fourth-order valence-electron chi connectivity index (χ4n) is 1.72. The Morgan fingerprint density at radius 3 is 2.63 bits per heavy atom. The minimum atomic E-state index is -3.51. The number of benzene rings is 1. The van der Waals surface area contributed by atoms with Crippen molar-refractivity contribution in [3.63, 3.8) is 0 Å². The van der Waals surface area contributed by atoms with Crippen LogP contribution in [0.15, 0.2) is 40.2 Å². The fraction of sp³-hybridized carbons (Fsp3) is 0.385. The maximum absolute atomic E-state index is 12.5. The van der Waals surface area contributed by atoms with E-state index in [2.05, 4.69) is 22.5 Å². The third-order valence-electron chi connectivity index (χ3n) is 2.66. The second-order valence-corrected chi connectivity index (χ2v) is 6.88. The van der Waals surface area contributed by atoms with Crippen molar-refractivity contribution in [3.05, 3.63) is 40.9 Å². The molecule has 0 amide bonds. The van der Waals surface area contributed by atoms with Gasteiger partial charge in [0.15, 0.2) is 0 Å². The van der Waals surface area contributed by atoms with Crippen molar-refractivity contribution >= 4 is 26.0 Å². The van der Waals surface area contributed by atoms with E-state index in [1.165, 1.54) is 4.31 Å². The smallest absolute Gasteiger partial charge is 0.244 e. The van der Waals surface area contributed by atoms with Gasteiger partial charge in [-0.15, -0.1) is 6.58 Å². The molecule has 0 aliphatic heterocycles. The maximum Gasteiger partial charge on any atom is 0.244 e. The van der Waals surface area contributed by atoms with E-state index in [0.29, 0.717) is 24.1 Å². The lowest BCUT2D eigenvalue weighted by molar-refractivity contribution is 0.441. The zero-order chi connectivity index (χ0) is 14.5. The highest BCUT2D eigenvalue weighted by Gasteiger charge is 2.24. The van der Waals surface area contributed by atoms with Crippen LogP contribution in [0.25, 0.3) is 0 Å². The van der Waals surface area contributed by atoms with Crippen LogP contribution < -0.4 is 5.73 Å². The molecular formula is C13H19BrN2O2S. The molecule has 6 heteroatoms. The minimum absolute atomic E-state index is 0.264. The molecule has 0 unspecified atom stereocenters. The molecule has 106 valence electrons. The van der Waals surface area contributed by atoms with Gasteiger partial charge in [0.25, 0.3) is 0 Å². The van der Waals surface area contributed by atoms with Gasteiger partial charge in [-0.2, -0.15) is 4.31 Å². The normalized spacial score (nSPS) is 11.8. The number of rotatable bonds is 7. The van der Waals surface area contributed by atoms with Crippen LogP contribution >= 0.6 is 15.9 Å². The van der Waals surface area contributed by atoms with Crippen LogP contribution in [0.5, 0.6) is 0 Å². The summed E-state index contributed by atoms with van der Waals surface area (Å²) in [5.74, 6) is 0. The van der Waals surface area contributed by atoms with E-state index in [0.717, 1.165) is 12.0 Å². The highest BCUT2D eigenvalue weighted by molar-refractivity contribution is 9.10. The van der Waals surface area contributed by atoms with Gasteiger partial charge >= 0.3 is 0 Å². The monoisotopic (exact) mass is 346 g/mol. The number of hydrogen-bond acceptors (Lipinski definition) is 3. The summed E-state index contributed by atoms with van der Waals surface area (Å²) in [6, 6.07) is 5.06. The number of nitrogens with two attached hydrogens (primary N) is 1. The zero-order valence-corrected chi connectivity index (χ0v) is 13.4. The molecule has 0 saturated heterocycles. The van der Waals surface area contributed by atoms with Crippen LogP contribution in [0.1, 0.15) is 18.9 Å². The van der Waals surface area contributed by atoms with Gasteiger partial charge in [0.05, 0.1) is 4.90 Å². The van der Waals surface area contributed by atoms with Crippen molar-refractivity contribution < 1.29 is 8.42 Å². The Morgan fingerprint density at radius 1 is 1.47 bits per heavy atom. The highest BCUT2D eigenvalue weighted by atomic mass is 79.9. The van der Waals surface area contributed by atoms with Gasteiger partial charge in [-0.05, 0) is 40.0 Å². The van der Waals surface area contributed by atoms with E-state index >= 15 is 0 Å². The van der Waals surface area contributed by atoms with Gasteiger partial charge in [-0.1, -0.05) is 19.1 Å². The van der Waals surface area contributed by atoms with Crippen molar-refractivity contribution in [3.8, 4) is 0 Å². The molecule has 0 spiro atoms. The van der Waals surface area contributed by atoms with Crippen LogP contribution in [0.2, 0.25) is 0 Å². The van der Waals surface area contributed by atoms with Crippen molar-refractivity contribution in [2.75, 3.05) is 13.1 Å². The molecule has 2 N–H and O–H groups in total. The Bertz CT molecular complexity index is 544. The summed E-state index contributed by atoms with van der Waals surface area (Å²) < 4.78 is 27.1. The first-order valence-electron chi connectivity index (χ1n) is 6.06. The Hall–Kier alpha value is -0.690. The Balaban J connectivity index is 3.20. The van der Waals surface area contributed by atoms with Crippen LogP contribution in [0.4, 0.5) is 0 Å². The lowest BCUT2D eigenvalue weighted by Crippen LogP contribution is -2.32. The second kappa shape index (κ2) is 7.19. The molecule has 0 bridgehead atoms. The maximum atomic E-state index is 12.5. The summed E-state index contributed by atoms with van der Waals surface area (Å²) in [4.78, 5) is 0.264. The number of nitrogens with zero attached hydrogens (tertiary/aromatic N) is 1. The molecule has 0 heterocycles. The van der Waals surface area contributed by atoms with Crippen LogP contribution in [0, 0.1) is 0 Å². The summed E-state index contributed by atoms with van der Waals surface area (Å²) in [6.07, 6.45) is 2.35. The van der Waals surface area contributed by atoms with E-state index in [9.17, 15) is 8.42 Å². The average molecular weight is 347 g/mol. The van der Waals surface area contributed by atoms with Crippen LogP contribution in [0.3, 0.4) is 0 Å². The van der Waals surface area contributed by atoms with Gasteiger partial charge in [0, 0.05) is 24.1 Å². The Kier molecular flexibility index (Phi) is 6.19. The zero-order valence-electron chi connectivity index (χ0n) is 11.0. The molecular weight excluding hydrogens is 328 g/mol. The summed E-state index contributed by atoms with van der Waals surface area (Å²) in [5.41, 5.74) is 6.42. The van der Waals surface area contributed by atoms with E-state index < -0.39 is 10.0 Å². The lowest BCUT2D eigenvalue weighted by atomic mass is 10.2. The van der Waals surface area contributed by atoms with Gasteiger partial charge in [-0.3, -0.25) is 0 Å². The summed E-state index contributed by atoms with van der Waals surface area (Å²) >= 11 is 3.31. The Labute approximate surface area is 123 Å². The third-order valence-corrected chi connectivity index (χ3v) is 5.50. The molecule has 0 aliphatic carbocycles. The van der Waals surface area contributed by atoms with Gasteiger partial charge < -0.3 is 5.73 Å². The molecule has 0 fully saturated rings. The SMILES string of the molecule is C=CCN(CCC)S(=O)(=O)c1ccc(CN)cc1Br. The molecule has 0 radical (unpaired) electrons. The molecule has 1 aromatic rings. The van der Waals surface area contributed by atoms with E-state index in [1.807, 2.05) is 6.92 Å². The van der Waals surface area contributed by atoms with E-state index in [-0.39, 0.29) is 4.90 Å². The van der Waals surface area contributed by atoms with Crippen LogP contribution in [-0.4, -0.2) is 25.8 Å². The summed E-state index contributed by atoms with van der Waals surface area (Å²) in [5, 5.41) is 0. The largest absolute Gasteiger partial charge is 0.326 e.